The van der Waals surface area contributed by atoms with Gasteiger partial charge in [-0.15, -0.1) is 0 Å². The van der Waals surface area contributed by atoms with Gasteiger partial charge in [0.2, 0.25) is 18.2 Å². The van der Waals surface area contributed by atoms with E-state index in [1.54, 1.807) is 6.20 Å². The highest BCUT2D eigenvalue weighted by Gasteiger charge is 2.65. The minimum atomic E-state index is -2.77. The normalized spacial score (nSPS) is 18.1. The zero-order valence-corrected chi connectivity index (χ0v) is 22.8. The number of aliphatic hydroxyl groups is 1. The summed E-state index contributed by atoms with van der Waals surface area (Å²) in [5.41, 5.74) is 2.54. The fourth-order valence-corrected chi connectivity index (χ4v) is 5.71. The van der Waals surface area contributed by atoms with Gasteiger partial charge in [-0.3, -0.25) is 9.59 Å². The molecule has 2 aliphatic carbocycles. The largest absolute Gasteiger partial charge is 0.389 e. The number of rotatable bonds is 8. The van der Waals surface area contributed by atoms with Crippen LogP contribution in [0.1, 0.15) is 61.3 Å². The number of amides is 2. The van der Waals surface area contributed by atoms with Gasteiger partial charge in [-0.1, -0.05) is 24.0 Å². The fourth-order valence-electron chi connectivity index (χ4n) is 5.71. The third kappa shape index (κ3) is 5.50. The van der Waals surface area contributed by atoms with Crippen molar-refractivity contribution in [3.05, 3.63) is 71.4 Å². The van der Waals surface area contributed by atoms with Crippen molar-refractivity contribution in [2.75, 3.05) is 0 Å². The summed E-state index contributed by atoms with van der Waals surface area (Å²) >= 11 is 0. The standard InChI is InChI=1S/C31H30F2N6O3/c32-31(33)13-11-30(42,12-14-31)29(9-10-29)28(41)36-18-27-37-23-8-5-21(15-24(23)38-27)2-1-20-3-6-22(7-4-20)25-16-35-26(39-25)17-34-19-40/h3-8,15-16,19,42H,9-14,17-18H2,(H,34,40)(H,35,39)(H,36,41)(H,37,38). The van der Waals surface area contributed by atoms with Gasteiger partial charge < -0.3 is 25.7 Å². The Morgan fingerprint density at radius 1 is 0.952 bits per heavy atom. The van der Waals surface area contributed by atoms with Crippen LogP contribution in [0, 0.1) is 17.3 Å². The molecule has 5 N–H and O–H groups in total. The number of aromatic nitrogens is 4. The third-order valence-corrected chi connectivity index (χ3v) is 8.36. The van der Waals surface area contributed by atoms with E-state index in [0.717, 1.165) is 33.4 Å². The highest BCUT2D eigenvalue weighted by molar-refractivity contribution is 5.87. The number of aromatic amines is 2. The van der Waals surface area contributed by atoms with E-state index in [9.17, 15) is 23.5 Å². The Balaban J connectivity index is 1.08. The molecule has 0 spiro atoms. The van der Waals surface area contributed by atoms with Crippen molar-refractivity contribution in [2.45, 2.75) is 63.1 Å². The molecular formula is C31H30F2N6O3. The number of nitrogens with one attached hydrogen (secondary N) is 4. The minimum Gasteiger partial charge on any atom is -0.389 e. The van der Waals surface area contributed by atoms with Crippen LogP contribution in [-0.4, -0.2) is 48.9 Å². The lowest BCUT2D eigenvalue weighted by molar-refractivity contribution is -0.156. The number of H-pyrrole nitrogens is 2. The number of nitrogens with zero attached hydrogens (tertiary/aromatic N) is 2. The van der Waals surface area contributed by atoms with Crippen molar-refractivity contribution in [1.29, 1.82) is 0 Å². The molecule has 0 radical (unpaired) electrons. The maximum absolute atomic E-state index is 13.6. The maximum Gasteiger partial charge on any atom is 0.248 e. The summed E-state index contributed by atoms with van der Waals surface area (Å²) in [6.07, 6.45) is 2.40. The van der Waals surface area contributed by atoms with E-state index < -0.39 is 29.8 Å². The highest BCUT2D eigenvalue weighted by Crippen LogP contribution is 2.60. The zero-order chi connectivity index (χ0) is 29.4. The van der Waals surface area contributed by atoms with Crippen molar-refractivity contribution in [1.82, 2.24) is 30.6 Å². The molecule has 2 aromatic heterocycles. The molecule has 6 rings (SSSR count). The van der Waals surface area contributed by atoms with Crippen LogP contribution in [0.4, 0.5) is 8.78 Å². The molecule has 9 nitrogen and oxygen atoms in total. The molecule has 0 atom stereocenters. The highest BCUT2D eigenvalue weighted by atomic mass is 19.3. The summed E-state index contributed by atoms with van der Waals surface area (Å²) in [5.74, 6) is 4.46. The van der Waals surface area contributed by atoms with E-state index in [0.29, 0.717) is 37.4 Å². The summed E-state index contributed by atoms with van der Waals surface area (Å²) in [4.78, 5) is 38.7. The Morgan fingerprint density at radius 3 is 2.38 bits per heavy atom. The van der Waals surface area contributed by atoms with Gasteiger partial charge >= 0.3 is 0 Å². The number of imidazole rings is 2. The van der Waals surface area contributed by atoms with Crippen LogP contribution >= 0.6 is 0 Å². The van der Waals surface area contributed by atoms with E-state index in [1.165, 1.54) is 0 Å². The molecule has 2 fully saturated rings. The first-order valence-electron chi connectivity index (χ1n) is 13.9. The monoisotopic (exact) mass is 572 g/mol. The number of alkyl halides is 2. The van der Waals surface area contributed by atoms with Gasteiger partial charge in [-0.25, -0.2) is 18.7 Å². The van der Waals surface area contributed by atoms with Gasteiger partial charge in [-0.2, -0.15) is 0 Å². The fraction of sp³-hybridized carbons (Fsp3) is 0.355. The average Bonchev–Trinajstić information content (AvgIpc) is 3.52. The lowest BCUT2D eigenvalue weighted by atomic mass is 9.71. The third-order valence-electron chi connectivity index (χ3n) is 8.36. The summed E-state index contributed by atoms with van der Waals surface area (Å²) in [6.45, 7) is 0.473. The van der Waals surface area contributed by atoms with Gasteiger partial charge in [0, 0.05) is 24.0 Å². The maximum atomic E-state index is 13.6. The smallest absolute Gasteiger partial charge is 0.248 e. The average molecular weight is 573 g/mol. The molecule has 2 saturated carbocycles. The van der Waals surface area contributed by atoms with Gasteiger partial charge in [0.15, 0.2) is 0 Å². The molecule has 0 saturated heterocycles. The van der Waals surface area contributed by atoms with Crippen LogP contribution in [0.3, 0.4) is 0 Å². The summed E-state index contributed by atoms with van der Waals surface area (Å²) in [6, 6.07) is 13.4. The van der Waals surface area contributed by atoms with E-state index in [2.05, 4.69) is 42.4 Å². The summed E-state index contributed by atoms with van der Waals surface area (Å²) < 4.78 is 27.3. The molecule has 2 aliphatic rings. The second kappa shape index (κ2) is 10.7. The molecule has 11 heteroatoms. The van der Waals surface area contributed by atoms with Crippen LogP contribution in [0.5, 0.6) is 0 Å². The van der Waals surface area contributed by atoms with Crippen molar-refractivity contribution >= 4 is 23.4 Å². The van der Waals surface area contributed by atoms with E-state index in [1.807, 2.05) is 42.5 Å². The lowest BCUT2D eigenvalue weighted by Gasteiger charge is -2.41. The topological polar surface area (TPSA) is 136 Å². The van der Waals surface area contributed by atoms with Crippen molar-refractivity contribution in [3.63, 3.8) is 0 Å². The predicted octanol–water partition coefficient (Wildman–Crippen LogP) is 3.94. The predicted molar refractivity (Wildman–Crippen MR) is 151 cm³/mol. The van der Waals surface area contributed by atoms with Crippen molar-refractivity contribution in [3.8, 4) is 23.1 Å². The first-order chi connectivity index (χ1) is 20.2. The Morgan fingerprint density at radius 2 is 1.67 bits per heavy atom. The molecule has 42 heavy (non-hydrogen) atoms. The summed E-state index contributed by atoms with van der Waals surface area (Å²) in [7, 11) is 0. The van der Waals surface area contributed by atoms with Crippen LogP contribution in [0.25, 0.3) is 22.3 Å². The molecule has 0 aliphatic heterocycles. The molecule has 2 heterocycles. The number of carbonyl (C=O) groups excluding carboxylic acids is 2. The second-order valence-electron chi connectivity index (χ2n) is 11.1. The number of carbonyl (C=O) groups is 2. The SMILES string of the molecule is O=CNCc1ncc(-c2ccc(C#Cc3ccc4nc(CNC(=O)C5(C6(O)CCC(F)(F)CC6)CC5)[nH]c4c3)cc2)[nH]1. The first kappa shape index (κ1) is 27.6. The number of fused-ring (bicyclic) bond motifs is 1. The van der Waals surface area contributed by atoms with Gasteiger partial charge in [0.05, 0.1) is 47.0 Å². The molecule has 0 bridgehead atoms. The molecular weight excluding hydrogens is 542 g/mol. The first-order valence-corrected chi connectivity index (χ1v) is 13.9. The number of hydrogen-bond donors (Lipinski definition) is 5. The van der Waals surface area contributed by atoms with E-state index in [-0.39, 0.29) is 25.3 Å². The Kier molecular flexibility index (Phi) is 7.02. The number of halogens is 2. The molecule has 0 unspecified atom stereocenters. The quantitative estimate of drug-likeness (QED) is 0.161. The van der Waals surface area contributed by atoms with Crippen LogP contribution < -0.4 is 10.6 Å². The van der Waals surface area contributed by atoms with Crippen LogP contribution in [0.2, 0.25) is 0 Å². The van der Waals surface area contributed by atoms with E-state index >= 15 is 0 Å². The Bertz CT molecular complexity index is 1680. The van der Waals surface area contributed by atoms with Crippen LogP contribution in [-0.2, 0) is 22.7 Å². The van der Waals surface area contributed by atoms with Crippen molar-refractivity contribution in [2.24, 2.45) is 5.41 Å². The Hall–Kier alpha value is -4.56. The van der Waals surface area contributed by atoms with Gasteiger partial charge in [0.1, 0.15) is 11.6 Å². The lowest BCUT2D eigenvalue weighted by Crippen LogP contribution is -2.52. The molecule has 2 amide bonds. The van der Waals surface area contributed by atoms with Crippen LogP contribution in [0.15, 0.2) is 48.7 Å². The van der Waals surface area contributed by atoms with Crippen molar-refractivity contribution < 1.29 is 23.5 Å². The number of benzene rings is 2. The van der Waals surface area contributed by atoms with E-state index in [4.69, 9.17) is 0 Å². The minimum absolute atomic E-state index is 0.0710. The molecule has 4 aromatic rings. The molecule has 2 aromatic carbocycles. The second-order valence-corrected chi connectivity index (χ2v) is 11.1. The number of hydrogen-bond acceptors (Lipinski definition) is 5. The summed E-state index contributed by atoms with van der Waals surface area (Å²) in [5, 5.41) is 16.5. The Labute approximate surface area is 240 Å². The van der Waals surface area contributed by atoms with Gasteiger partial charge in [0.25, 0.3) is 0 Å². The van der Waals surface area contributed by atoms with Gasteiger partial charge in [-0.05, 0) is 61.6 Å². The zero-order valence-electron chi connectivity index (χ0n) is 22.8. The molecule has 216 valence electrons.